The molecule has 0 heterocycles. The van der Waals surface area contributed by atoms with Crippen molar-refractivity contribution in [1.82, 2.24) is 0 Å². The molecule has 0 saturated heterocycles. The average molecular weight is 311 g/mol. The maximum Gasteiger partial charge on any atom is 0.289 e. The maximum atomic E-state index is 13.7. The highest BCUT2D eigenvalue weighted by molar-refractivity contribution is 6.32. The van der Waals surface area contributed by atoms with Crippen molar-refractivity contribution in [3.8, 4) is 5.75 Å². The summed E-state index contributed by atoms with van der Waals surface area (Å²) in [5.74, 6) is -0.718. The number of nitrogens with zero attached hydrogens (tertiary/aromatic N) is 1. The molecule has 21 heavy (non-hydrogen) atoms. The molecular formula is C14H12ClFN2O3. The Balaban J connectivity index is 2.25. The molecule has 7 heteroatoms. The molecule has 0 aromatic heterocycles. The summed E-state index contributed by atoms with van der Waals surface area (Å²) in [5.41, 5.74) is 0.566. The zero-order valence-electron chi connectivity index (χ0n) is 11.0. The van der Waals surface area contributed by atoms with Crippen molar-refractivity contribution < 1.29 is 14.4 Å². The molecule has 1 atom stereocenters. The summed E-state index contributed by atoms with van der Waals surface area (Å²) >= 11 is 5.73. The lowest BCUT2D eigenvalue weighted by molar-refractivity contribution is -0.384. The lowest BCUT2D eigenvalue weighted by Crippen LogP contribution is -2.08. The molecule has 2 rings (SSSR count). The molecule has 0 aliphatic heterocycles. The van der Waals surface area contributed by atoms with E-state index in [0.717, 1.165) is 6.07 Å². The van der Waals surface area contributed by atoms with Gasteiger partial charge in [-0.05, 0) is 25.1 Å². The van der Waals surface area contributed by atoms with Gasteiger partial charge in [-0.1, -0.05) is 17.7 Å². The Morgan fingerprint density at radius 3 is 2.67 bits per heavy atom. The second kappa shape index (κ2) is 5.97. The number of phenols is 1. The number of halogens is 2. The zero-order valence-corrected chi connectivity index (χ0v) is 11.8. The minimum atomic E-state index is -0.584. The second-order valence-corrected chi connectivity index (χ2v) is 4.90. The molecule has 110 valence electrons. The second-order valence-electron chi connectivity index (χ2n) is 4.50. The van der Waals surface area contributed by atoms with Gasteiger partial charge < -0.3 is 10.4 Å². The fourth-order valence-corrected chi connectivity index (χ4v) is 2.12. The number of nitrogens with one attached hydrogen (secondary N) is 1. The SMILES string of the molecule is CC(Nc1ccc(Cl)c([N+](=O)[O-])c1)c1ccc(O)cc1F. The van der Waals surface area contributed by atoms with Gasteiger partial charge in [0.25, 0.3) is 5.69 Å². The van der Waals surface area contributed by atoms with Gasteiger partial charge in [-0.15, -0.1) is 0 Å². The molecule has 2 N–H and O–H groups in total. The third-order valence-corrected chi connectivity index (χ3v) is 3.30. The van der Waals surface area contributed by atoms with E-state index in [1.54, 1.807) is 13.0 Å². The number of aromatic hydroxyl groups is 1. The molecule has 5 nitrogen and oxygen atoms in total. The van der Waals surface area contributed by atoms with E-state index in [9.17, 15) is 19.6 Å². The Morgan fingerprint density at radius 2 is 2.05 bits per heavy atom. The standard InChI is InChI=1S/C14H12ClFN2O3/c1-8(11-4-3-10(19)7-13(11)16)17-9-2-5-12(15)14(6-9)18(20)21/h2-8,17,19H,1H3. The van der Waals surface area contributed by atoms with Gasteiger partial charge in [0.2, 0.25) is 0 Å². The van der Waals surface area contributed by atoms with Gasteiger partial charge in [-0.3, -0.25) is 10.1 Å². The van der Waals surface area contributed by atoms with Gasteiger partial charge in [0.1, 0.15) is 16.6 Å². The third kappa shape index (κ3) is 3.41. The Hall–Kier alpha value is -2.34. The lowest BCUT2D eigenvalue weighted by atomic mass is 10.1. The smallest absolute Gasteiger partial charge is 0.289 e. The number of hydrogen-bond acceptors (Lipinski definition) is 4. The predicted molar refractivity (Wildman–Crippen MR) is 78.2 cm³/mol. The minimum absolute atomic E-state index is 0.0361. The van der Waals surface area contributed by atoms with Gasteiger partial charge in [-0.2, -0.15) is 0 Å². The van der Waals surface area contributed by atoms with Crippen molar-refractivity contribution in [1.29, 1.82) is 0 Å². The van der Waals surface area contributed by atoms with Crippen LogP contribution >= 0.6 is 11.6 Å². The number of rotatable bonds is 4. The van der Waals surface area contributed by atoms with Crippen molar-refractivity contribution in [3.05, 3.63) is 62.9 Å². The number of nitro groups is 1. The van der Waals surface area contributed by atoms with Gasteiger partial charge in [0.15, 0.2) is 0 Å². The summed E-state index contributed by atoms with van der Waals surface area (Å²) in [6, 6.07) is 7.67. The topological polar surface area (TPSA) is 75.4 Å². The quantitative estimate of drug-likeness (QED) is 0.653. The number of anilines is 1. The van der Waals surface area contributed by atoms with Crippen LogP contribution in [0.5, 0.6) is 5.75 Å². The summed E-state index contributed by atoms with van der Waals surface area (Å²) in [6.07, 6.45) is 0. The Morgan fingerprint density at radius 1 is 1.33 bits per heavy atom. The number of benzene rings is 2. The maximum absolute atomic E-state index is 13.7. The molecular weight excluding hydrogens is 299 g/mol. The predicted octanol–water partition coefficient (Wildman–Crippen LogP) is 4.27. The van der Waals surface area contributed by atoms with Crippen molar-refractivity contribution in [2.24, 2.45) is 0 Å². The summed E-state index contributed by atoms with van der Waals surface area (Å²) in [6.45, 7) is 1.70. The molecule has 2 aromatic rings. The first-order chi connectivity index (χ1) is 9.88. The normalized spacial score (nSPS) is 12.0. The molecule has 0 bridgehead atoms. The molecule has 1 unspecified atom stereocenters. The van der Waals surface area contributed by atoms with Crippen LogP contribution in [-0.2, 0) is 0 Å². The Kier molecular flexibility index (Phi) is 4.28. The van der Waals surface area contributed by atoms with Crippen molar-refractivity contribution in [3.63, 3.8) is 0 Å². The van der Waals surface area contributed by atoms with Gasteiger partial charge in [0.05, 0.1) is 11.0 Å². The third-order valence-electron chi connectivity index (χ3n) is 2.98. The van der Waals surface area contributed by atoms with Crippen LogP contribution in [0.15, 0.2) is 36.4 Å². The summed E-state index contributed by atoms with van der Waals surface area (Å²) in [5, 5.41) is 23.0. The lowest BCUT2D eigenvalue weighted by Gasteiger charge is -2.16. The van der Waals surface area contributed by atoms with Crippen LogP contribution in [0.3, 0.4) is 0 Å². The monoisotopic (exact) mass is 310 g/mol. The molecule has 0 aliphatic carbocycles. The van der Waals surface area contributed by atoms with E-state index < -0.39 is 16.8 Å². The van der Waals surface area contributed by atoms with Crippen LogP contribution in [0.25, 0.3) is 0 Å². The van der Waals surface area contributed by atoms with Gasteiger partial charge >= 0.3 is 0 Å². The largest absolute Gasteiger partial charge is 0.508 e. The van der Waals surface area contributed by atoms with Crippen molar-refractivity contribution >= 4 is 23.0 Å². The van der Waals surface area contributed by atoms with E-state index >= 15 is 0 Å². The van der Waals surface area contributed by atoms with E-state index in [4.69, 9.17) is 11.6 Å². The summed E-state index contributed by atoms with van der Waals surface area (Å²) < 4.78 is 13.7. The fourth-order valence-electron chi connectivity index (χ4n) is 1.94. The number of hydrogen-bond donors (Lipinski definition) is 2. The van der Waals surface area contributed by atoms with E-state index in [-0.39, 0.29) is 16.5 Å². The van der Waals surface area contributed by atoms with Crippen molar-refractivity contribution in [2.75, 3.05) is 5.32 Å². The van der Waals surface area contributed by atoms with Crippen LogP contribution in [-0.4, -0.2) is 10.0 Å². The van der Waals surface area contributed by atoms with Crippen LogP contribution in [0.4, 0.5) is 15.8 Å². The molecule has 0 fully saturated rings. The van der Waals surface area contributed by atoms with Crippen LogP contribution in [0, 0.1) is 15.9 Å². The highest BCUT2D eigenvalue weighted by Crippen LogP contribution is 2.30. The average Bonchev–Trinajstić information content (AvgIpc) is 2.40. The van der Waals surface area contributed by atoms with E-state index in [0.29, 0.717) is 11.3 Å². The molecule has 0 aliphatic rings. The first kappa shape index (κ1) is 15.1. The van der Waals surface area contributed by atoms with E-state index in [1.165, 1.54) is 24.3 Å². The number of nitro benzene ring substituents is 1. The van der Waals surface area contributed by atoms with Crippen LogP contribution in [0.1, 0.15) is 18.5 Å². The zero-order chi connectivity index (χ0) is 15.6. The molecule has 0 radical (unpaired) electrons. The van der Waals surface area contributed by atoms with E-state index in [1.807, 2.05) is 0 Å². The Bertz CT molecular complexity index is 694. The first-order valence-corrected chi connectivity index (χ1v) is 6.45. The summed E-state index contributed by atoms with van der Waals surface area (Å²) in [7, 11) is 0. The molecule has 2 aromatic carbocycles. The van der Waals surface area contributed by atoms with E-state index in [2.05, 4.69) is 5.32 Å². The highest BCUT2D eigenvalue weighted by Gasteiger charge is 2.15. The minimum Gasteiger partial charge on any atom is -0.508 e. The van der Waals surface area contributed by atoms with Crippen LogP contribution < -0.4 is 5.32 Å². The highest BCUT2D eigenvalue weighted by atomic mass is 35.5. The van der Waals surface area contributed by atoms with Crippen molar-refractivity contribution in [2.45, 2.75) is 13.0 Å². The van der Waals surface area contributed by atoms with Crippen LogP contribution in [0.2, 0.25) is 5.02 Å². The molecule has 0 amide bonds. The molecule has 0 saturated carbocycles. The summed E-state index contributed by atoms with van der Waals surface area (Å²) in [4.78, 5) is 10.2. The van der Waals surface area contributed by atoms with Gasteiger partial charge in [0, 0.05) is 23.4 Å². The van der Waals surface area contributed by atoms with Gasteiger partial charge in [-0.25, -0.2) is 4.39 Å². The first-order valence-electron chi connectivity index (χ1n) is 6.07. The molecule has 0 spiro atoms. The number of phenolic OH excluding ortho intramolecular Hbond substituents is 1. The Labute approximate surface area is 125 Å². The fraction of sp³-hybridized carbons (Fsp3) is 0.143.